The highest BCUT2D eigenvalue weighted by Gasteiger charge is 2.37. The van der Waals surface area contributed by atoms with Crippen molar-refractivity contribution >= 4 is 16.9 Å². The van der Waals surface area contributed by atoms with Gasteiger partial charge in [0, 0.05) is 6.54 Å². The Bertz CT molecular complexity index is 1140. The van der Waals surface area contributed by atoms with Crippen LogP contribution in [-0.2, 0) is 24.1 Å². The fourth-order valence-corrected chi connectivity index (χ4v) is 2.84. The van der Waals surface area contributed by atoms with Crippen LogP contribution in [0.5, 0.6) is 0 Å². The molecule has 3 aromatic rings. The van der Waals surface area contributed by atoms with E-state index >= 15 is 0 Å². The van der Waals surface area contributed by atoms with Crippen LogP contribution in [0.1, 0.15) is 22.4 Å². The summed E-state index contributed by atoms with van der Waals surface area (Å²) in [5.41, 5.74) is -0.767. The normalized spacial score (nSPS) is 11.7. The monoisotopic (exact) mass is 407 g/mol. The number of benzene rings is 2. The van der Waals surface area contributed by atoms with E-state index in [4.69, 9.17) is 0 Å². The molecule has 0 saturated heterocycles. The molecule has 1 N–H and O–H groups in total. The predicted molar refractivity (Wildman–Crippen MR) is 98.7 cm³/mol. The molecule has 0 aliphatic rings. The van der Waals surface area contributed by atoms with Gasteiger partial charge in [0.2, 0.25) is 11.6 Å². The van der Waals surface area contributed by atoms with Crippen molar-refractivity contribution in [2.75, 3.05) is 0 Å². The van der Waals surface area contributed by atoms with Gasteiger partial charge in [-0.05, 0) is 54.8 Å². The number of hydrogen-bond acceptors (Lipinski definition) is 3. The number of aryl methyl sites for hydroxylation is 2. The minimum absolute atomic E-state index is 0.0219. The molecule has 1 aromatic heterocycles. The van der Waals surface area contributed by atoms with Crippen molar-refractivity contribution in [1.29, 1.82) is 0 Å². The molecular weight excluding hydrogens is 390 g/mol. The van der Waals surface area contributed by atoms with Gasteiger partial charge in [0.15, 0.2) is 0 Å². The first-order valence-electron chi connectivity index (χ1n) is 8.66. The third-order valence-corrected chi connectivity index (χ3v) is 4.53. The number of rotatable bonds is 4. The van der Waals surface area contributed by atoms with Crippen LogP contribution < -0.4 is 10.9 Å². The van der Waals surface area contributed by atoms with Gasteiger partial charge in [-0.3, -0.25) is 14.2 Å². The van der Waals surface area contributed by atoms with Gasteiger partial charge < -0.3 is 5.32 Å². The minimum atomic E-state index is -4.95. The zero-order valence-corrected chi connectivity index (χ0v) is 15.6. The van der Waals surface area contributed by atoms with Crippen LogP contribution in [-0.4, -0.2) is 15.5 Å². The van der Waals surface area contributed by atoms with Crippen molar-refractivity contribution in [3.8, 4) is 0 Å². The van der Waals surface area contributed by atoms with E-state index in [9.17, 15) is 27.2 Å². The maximum atomic E-state index is 13.3. The molecule has 1 heterocycles. The molecule has 0 aliphatic heterocycles. The van der Waals surface area contributed by atoms with Crippen molar-refractivity contribution in [1.82, 2.24) is 14.9 Å². The number of fused-ring (bicyclic) bond motifs is 1. The Morgan fingerprint density at radius 3 is 2.34 bits per heavy atom. The summed E-state index contributed by atoms with van der Waals surface area (Å²) in [5.74, 6) is -1.09. The van der Waals surface area contributed by atoms with E-state index in [0.717, 1.165) is 10.1 Å². The maximum absolute atomic E-state index is 13.3. The summed E-state index contributed by atoms with van der Waals surface area (Å²) in [6.07, 6.45) is -4.95. The molecule has 29 heavy (non-hydrogen) atoms. The van der Waals surface area contributed by atoms with Crippen LogP contribution in [0.3, 0.4) is 0 Å². The highest BCUT2D eigenvalue weighted by molar-refractivity contribution is 5.81. The number of nitrogens with one attached hydrogen (secondary N) is 1. The number of aromatic nitrogens is 2. The first-order valence-corrected chi connectivity index (χ1v) is 8.66. The van der Waals surface area contributed by atoms with Gasteiger partial charge in [0.25, 0.3) is 5.56 Å². The van der Waals surface area contributed by atoms with Crippen LogP contribution in [0, 0.1) is 19.7 Å². The standard InChI is InChI=1S/C20H17F4N3O2/c1-11-7-15-16(8-12(11)2)27(19(29)18(26-15)20(22,23)24)10-17(28)25-9-13-3-5-14(21)6-4-13/h3-8H,9-10H2,1-2H3,(H,25,28). The van der Waals surface area contributed by atoms with Crippen molar-refractivity contribution < 1.29 is 22.4 Å². The molecule has 0 unspecified atom stereocenters. The average Bonchev–Trinajstić information content (AvgIpc) is 2.64. The van der Waals surface area contributed by atoms with Crippen molar-refractivity contribution in [3.63, 3.8) is 0 Å². The summed E-state index contributed by atoms with van der Waals surface area (Å²) in [4.78, 5) is 28.2. The van der Waals surface area contributed by atoms with Crippen molar-refractivity contribution in [2.45, 2.75) is 33.1 Å². The molecule has 9 heteroatoms. The molecule has 1 amide bonds. The van der Waals surface area contributed by atoms with E-state index in [1.54, 1.807) is 13.8 Å². The maximum Gasteiger partial charge on any atom is 0.438 e. The topological polar surface area (TPSA) is 64.0 Å². The Kier molecular flexibility index (Phi) is 5.41. The second-order valence-corrected chi connectivity index (χ2v) is 6.68. The molecule has 5 nitrogen and oxygen atoms in total. The summed E-state index contributed by atoms with van der Waals surface area (Å²) < 4.78 is 53.5. The largest absolute Gasteiger partial charge is 0.438 e. The molecule has 3 rings (SSSR count). The van der Waals surface area contributed by atoms with E-state index < -0.39 is 35.7 Å². The summed E-state index contributed by atoms with van der Waals surface area (Å²) in [7, 11) is 0. The lowest BCUT2D eigenvalue weighted by molar-refractivity contribution is -0.142. The zero-order valence-electron chi connectivity index (χ0n) is 15.6. The molecule has 2 aromatic carbocycles. The number of halogens is 4. The molecule has 152 valence electrons. The van der Waals surface area contributed by atoms with E-state index in [2.05, 4.69) is 10.3 Å². The van der Waals surface area contributed by atoms with Crippen LogP contribution in [0.4, 0.5) is 17.6 Å². The summed E-state index contributed by atoms with van der Waals surface area (Å²) in [5, 5.41) is 2.52. The van der Waals surface area contributed by atoms with Gasteiger partial charge >= 0.3 is 6.18 Å². The fraction of sp³-hybridized carbons (Fsp3) is 0.250. The minimum Gasteiger partial charge on any atom is -0.350 e. The second-order valence-electron chi connectivity index (χ2n) is 6.68. The molecule has 0 aliphatic carbocycles. The molecule has 0 spiro atoms. The second kappa shape index (κ2) is 7.65. The summed E-state index contributed by atoms with van der Waals surface area (Å²) >= 11 is 0. The van der Waals surface area contributed by atoms with Crippen LogP contribution in [0.25, 0.3) is 11.0 Å². The molecule has 0 atom stereocenters. The number of alkyl halides is 3. The lowest BCUT2D eigenvalue weighted by Crippen LogP contribution is -2.36. The third-order valence-electron chi connectivity index (χ3n) is 4.53. The number of amides is 1. The third kappa shape index (κ3) is 4.44. The van der Waals surface area contributed by atoms with E-state index in [0.29, 0.717) is 11.1 Å². The number of carbonyl (C=O) groups is 1. The molecular formula is C20H17F4N3O2. The average molecular weight is 407 g/mol. The Labute approximate surface area is 163 Å². The lowest BCUT2D eigenvalue weighted by atomic mass is 10.1. The highest BCUT2D eigenvalue weighted by atomic mass is 19.4. The van der Waals surface area contributed by atoms with Crippen LogP contribution in [0.15, 0.2) is 41.2 Å². The first-order chi connectivity index (χ1) is 13.6. The van der Waals surface area contributed by atoms with Gasteiger partial charge in [0.05, 0.1) is 11.0 Å². The van der Waals surface area contributed by atoms with Gasteiger partial charge in [0.1, 0.15) is 12.4 Å². The van der Waals surface area contributed by atoms with Crippen LogP contribution >= 0.6 is 0 Å². The van der Waals surface area contributed by atoms with E-state index in [-0.39, 0.29) is 17.6 Å². The van der Waals surface area contributed by atoms with E-state index in [1.165, 1.54) is 36.4 Å². The highest BCUT2D eigenvalue weighted by Crippen LogP contribution is 2.27. The summed E-state index contributed by atoms with van der Waals surface area (Å²) in [6.45, 7) is 2.90. The van der Waals surface area contributed by atoms with E-state index in [1.807, 2.05) is 0 Å². The van der Waals surface area contributed by atoms with Crippen LogP contribution in [0.2, 0.25) is 0 Å². The number of nitrogens with zero attached hydrogens (tertiary/aromatic N) is 2. The number of hydrogen-bond donors (Lipinski definition) is 1. The Morgan fingerprint density at radius 1 is 1.10 bits per heavy atom. The molecule has 0 bridgehead atoms. The first kappa shape index (κ1) is 20.5. The van der Waals surface area contributed by atoms with Crippen molar-refractivity contribution in [2.24, 2.45) is 0 Å². The Morgan fingerprint density at radius 2 is 1.72 bits per heavy atom. The smallest absolute Gasteiger partial charge is 0.350 e. The number of carbonyl (C=O) groups excluding carboxylic acids is 1. The van der Waals surface area contributed by atoms with Crippen molar-refractivity contribution in [3.05, 3.63) is 75.0 Å². The SMILES string of the molecule is Cc1cc2nc(C(F)(F)F)c(=O)n(CC(=O)NCc3ccc(F)cc3)c2cc1C. The molecule has 0 fully saturated rings. The fourth-order valence-electron chi connectivity index (χ4n) is 2.84. The lowest BCUT2D eigenvalue weighted by Gasteiger charge is -2.15. The van der Waals surface area contributed by atoms with Gasteiger partial charge in [-0.2, -0.15) is 13.2 Å². The Hall–Kier alpha value is -3.23. The van der Waals surface area contributed by atoms with Gasteiger partial charge in [-0.25, -0.2) is 9.37 Å². The van der Waals surface area contributed by atoms with Gasteiger partial charge in [-0.15, -0.1) is 0 Å². The zero-order chi connectivity index (χ0) is 21.3. The Balaban J connectivity index is 1.97. The van der Waals surface area contributed by atoms with Gasteiger partial charge in [-0.1, -0.05) is 12.1 Å². The quantitative estimate of drug-likeness (QED) is 0.674. The molecule has 0 saturated carbocycles. The predicted octanol–water partition coefficient (Wildman–Crippen LogP) is 3.49. The molecule has 0 radical (unpaired) electrons. The summed E-state index contributed by atoms with van der Waals surface area (Å²) in [6, 6.07) is 8.37.